The van der Waals surface area contributed by atoms with Gasteiger partial charge in [-0.3, -0.25) is 0 Å². The maximum atomic E-state index is 11.1. The first-order chi connectivity index (χ1) is 10.1. The monoisotopic (exact) mass is 280 g/mol. The second kappa shape index (κ2) is 5.17. The molecule has 4 nitrogen and oxygen atoms in total. The Morgan fingerprint density at radius 1 is 0.810 bits per heavy atom. The highest BCUT2D eigenvalue weighted by molar-refractivity contribution is 5.86. The van der Waals surface area contributed by atoms with Crippen molar-refractivity contribution in [3.05, 3.63) is 70.3 Å². The van der Waals surface area contributed by atoms with Gasteiger partial charge in [-0.25, -0.2) is 4.79 Å². The minimum Gasteiger partial charge on any atom is -0.508 e. The van der Waals surface area contributed by atoms with Gasteiger partial charge in [-0.1, -0.05) is 24.3 Å². The lowest BCUT2D eigenvalue weighted by atomic mass is 10.1. The molecule has 0 saturated carbocycles. The first kappa shape index (κ1) is 13.0. The van der Waals surface area contributed by atoms with Gasteiger partial charge in [0.05, 0.1) is 6.07 Å². The normalized spacial score (nSPS) is 11.2. The summed E-state index contributed by atoms with van der Waals surface area (Å²) in [5, 5.41) is 20.7. The van der Waals surface area contributed by atoms with Gasteiger partial charge < -0.3 is 14.6 Å². The molecule has 0 atom stereocenters. The summed E-state index contributed by atoms with van der Waals surface area (Å²) < 4.78 is 4.95. The second-order valence-electron chi connectivity index (χ2n) is 4.66. The van der Waals surface area contributed by atoms with Crippen molar-refractivity contribution in [1.29, 1.82) is 0 Å². The second-order valence-corrected chi connectivity index (χ2v) is 4.66. The van der Waals surface area contributed by atoms with Crippen LogP contribution in [0.1, 0.15) is 11.3 Å². The number of phenolic OH excluding ortho intramolecular Hbond substituents is 1. The molecule has 0 radical (unpaired) electrons. The van der Waals surface area contributed by atoms with Crippen LogP contribution in [0.4, 0.5) is 0 Å². The third-order valence-electron chi connectivity index (χ3n) is 3.06. The van der Waals surface area contributed by atoms with Crippen LogP contribution >= 0.6 is 0 Å². The van der Waals surface area contributed by atoms with E-state index in [0.717, 1.165) is 22.4 Å². The molecule has 0 aliphatic carbocycles. The molecule has 4 heteroatoms. The molecule has 0 amide bonds. The van der Waals surface area contributed by atoms with Gasteiger partial charge >= 0.3 is 5.63 Å². The minimum absolute atomic E-state index is 0.125. The van der Waals surface area contributed by atoms with Crippen molar-refractivity contribution in [1.82, 2.24) is 0 Å². The predicted octanol–water partition coefficient (Wildman–Crippen LogP) is 3.37. The topological polar surface area (TPSA) is 70.7 Å². The molecule has 3 rings (SSSR count). The van der Waals surface area contributed by atoms with Crippen molar-refractivity contribution < 1.29 is 14.6 Å². The fraction of sp³-hybridized carbons (Fsp3) is 0. The first-order valence-electron chi connectivity index (χ1n) is 6.35. The van der Waals surface area contributed by atoms with Crippen LogP contribution in [0.3, 0.4) is 0 Å². The van der Waals surface area contributed by atoms with E-state index in [1.165, 1.54) is 6.07 Å². The van der Waals surface area contributed by atoms with Gasteiger partial charge in [-0.15, -0.1) is 0 Å². The average molecular weight is 280 g/mol. The van der Waals surface area contributed by atoms with Gasteiger partial charge in [-0.2, -0.15) is 0 Å². The Bertz CT molecular complexity index is 891. The van der Waals surface area contributed by atoms with E-state index in [1.807, 2.05) is 24.3 Å². The van der Waals surface area contributed by atoms with Gasteiger partial charge in [-0.05, 0) is 40.6 Å². The Balaban J connectivity index is 1.95. The Labute approximate surface area is 120 Å². The molecule has 0 bridgehead atoms. The molecule has 0 aliphatic rings. The van der Waals surface area contributed by atoms with Crippen molar-refractivity contribution >= 4 is 22.9 Å². The van der Waals surface area contributed by atoms with Crippen molar-refractivity contribution in [2.45, 2.75) is 0 Å². The van der Waals surface area contributed by atoms with Gasteiger partial charge in [0.25, 0.3) is 0 Å². The van der Waals surface area contributed by atoms with Gasteiger partial charge in [0, 0.05) is 6.07 Å². The SMILES string of the molecule is O=c1cc(O)cc(/C=C/c2ccc3cc(O)ccc3c2)o1. The third-order valence-corrected chi connectivity index (χ3v) is 3.06. The van der Waals surface area contributed by atoms with E-state index in [2.05, 4.69) is 0 Å². The maximum absolute atomic E-state index is 11.1. The van der Waals surface area contributed by atoms with Crippen LogP contribution < -0.4 is 5.63 Å². The van der Waals surface area contributed by atoms with Crippen LogP contribution in [-0.2, 0) is 0 Å². The van der Waals surface area contributed by atoms with Gasteiger partial charge in [0.15, 0.2) is 0 Å². The fourth-order valence-corrected chi connectivity index (χ4v) is 2.10. The Kier molecular flexibility index (Phi) is 3.20. The van der Waals surface area contributed by atoms with E-state index >= 15 is 0 Å². The molecule has 104 valence electrons. The molecular formula is C17H12O4. The highest BCUT2D eigenvalue weighted by Crippen LogP contribution is 2.22. The number of hydrogen-bond acceptors (Lipinski definition) is 4. The Hall–Kier alpha value is -3.01. The van der Waals surface area contributed by atoms with Crippen LogP contribution in [0.15, 0.2) is 57.7 Å². The zero-order valence-corrected chi connectivity index (χ0v) is 11.0. The molecule has 0 saturated heterocycles. The summed E-state index contributed by atoms with van der Waals surface area (Å²) in [5.41, 5.74) is 0.322. The van der Waals surface area contributed by atoms with E-state index in [1.54, 1.807) is 24.3 Å². The number of phenols is 1. The van der Waals surface area contributed by atoms with Crippen LogP contribution in [0, 0.1) is 0 Å². The fourth-order valence-electron chi connectivity index (χ4n) is 2.10. The smallest absolute Gasteiger partial charge is 0.339 e. The van der Waals surface area contributed by atoms with Gasteiger partial charge in [0.2, 0.25) is 0 Å². The van der Waals surface area contributed by atoms with E-state index in [-0.39, 0.29) is 17.3 Å². The van der Waals surface area contributed by atoms with E-state index in [4.69, 9.17) is 4.42 Å². The number of benzene rings is 2. The largest absolute Gasteiger partial charge is 0.508 e. The molecule has 0 unspecified atom stereocenters. The van der Waals surface area contributed by atoms with Crippen molar-refractivity contribution in [2.24, 2.45) is 0 Å². The number of aromatic hydroxyl groups is 2. The highest BCUT2D eigenvalue weighted by atomic mass is 16.4. The zero-order chi connectivity index (χ0) is 14.8. The summed E-state index contributed by atoms with van der Waals surface area (Å²) in [7, 11) is 0. The standard InChI is InChI=1S/C17H12O4/c18-14-5-4-12-7-11(1-3-13(12)8-14)2-6-16-9-15(19)10-17(20)21-16/h1-10,18-19H/b6-2+. The zero-order valence-electron chi connectivity index (χ0n) is 11.0. The lowest BCUT2D eigenvalue weighted by Crippen LogP contribution is -1.95. The Morgan fingerprint density at radius 3 is 2.38 bits per heavy atom. The van der Waals surface area contributed by atoms with Crippen molar-refractivity contribution in [3.8, 4) is 11.5 Å². The molecule has 2 aromatic carbocycles. The molecule has 1 aromatic heterocycles. The highest BCUT2D eigenvalue weighted by Gasteiger charge is 1.98. The van der Waals surface area contributed by atoms with E-state index < -0.39 is 5.63 Å². The summed E-state index contributed by atoms with van der Waals surface area (Å²) in [6, 6.07) is 13.3. The predicted molar refractivity (Wildman–Crippen MR) is 81.2 cm³/mol. The molecule has 0 fully saturated rings. The third kappa shape index (κ3) is 2.95. The molecule has 0 aliphatic heterocycles. The maximum Gasteiger partial charge on any atom is 0.339 e. The number of fused-ring (bicyclic) bond motifs is 1. The van der Waals surface area contributed by atoms with Crippen molar-refractivity contribution in [3.63, 3.8) is 0 Å². The van der Waals surface area contributed by atoms with E-state index in [9.17, 15) is 15.0 Å². The van der Waals surface area contributed by atoms with Crippen LogP contribution in [0.25, 0.3) is 22.9 Å². The lowest BCUT2D eigenvalue weighted by Gasteiger charge is -2.00. The minimum atomic E-state index is -0.594. The number of rotatable bonds is 2. The lowest BCUT2D eigenvalue weighted by molar-refractivity contribution is 0.444. The van der Waals surface area contributed by atoms with Crippen molar-refractivity contribution in [2.75, 3.05) is 0 Å². The summed E-state index contributed by atoms with van der Waals surface area (Å²) >= 11 is 0. The molecule has 1 heterocycles. The van der Waals surface area contributed by atoms with Crippen LogP contribution in [-0.4, -0.2) is 10.2 Å². The van der Waals surface area contributed by atoms with E-state index in [0.29, 0.717) is 0 Å². The van der Waals surface area contributed by atoms with Crippen LogP contribution in [0.5, 0.6) is 11.5 Å². The summed E-state index contributed by atoms with van der Waals surface area (Å²) in [6.45, 7) is 0. The molecule has 3 aromatic rings. The Morgan fingerprint density at radius 2 is 1.57 bits per heavy atom. The summed E-state index contributed by atoms with van der Waals surface area (Å²) in [5.74, 6) is 0.387. The molecular weight excluding hydrogens is 268 g/mol. The quantitative estimate of drug-likeness (QED) is 0.755. The molecule has 21 heavy (non-hydrogen) atoms. The summed E-state index contributed by atoms with van der Waals surface area (Å²) in [6.07, 6.45) is 3.40. The summed E-state index contributed by atoms with van der Waals surface area (Å²) in [4.78, 5) is 11.1. The first-order valence-corrected chi connectivity index (χ1v) is 6.35. The molecule has 0 spiro atoms. The average Bonchev–Trinajstić information content (AvgIpc) is 2.44. The number of hydrogen-bond donors (Lipinski definition) is 2. The van der Waals surface area contributed by atoms with Gasteiger partial charge in [0.1, 0.15) is 17.3 Å². The van der Waals surface area contributed by atoms with Crippen LogP contribution in [0.2, 0.25) is 0 Å². The molecule has 2 N–H and O–H groups in total.